The van der Waals surface area contributed by atoms with Crippen molar-refractivity contribution in [1.82, 2.24) is 19.5 Å². The number of ether oxygens (including phenoxy) is 1. The van der Waals surface area contributed by atoms with Gasteiger partial charge in [-0.05, 0) is 32.9 Å². The third-order valence-electron chi connectivity index (χ3n) is 2.87. The molecule has 0 radical (unpaired) electrons. The third-order valence-corrected chi connectivity index (χ3v) is 2.87. The van der Waals surface area contributed by atoms with Crippen LogP contribution in [0.2, 0.25) is 0 Å². The summed E-state index contributed by atoms with van der Waals surface area (Å²) in [5.74, 6) is 0.780. The van der Waals surface area contributed by atoms with E-state index in [9.17, 15) is 0 Å². The quantitative estimate of drug-likeness (QED) is 0.795. The number of imidazole rings is 1. The van der Waals surface area contributed by atoms with Crippen molar-refractivity contribution in [2.75, 3.05) is 5.73 Å². The minimum absolute atomic E-state index is 0.173. The molecule has 0 aromatic carbocycles. The molecule has 0 fully saturated rings. The van der Waals surface area contributed by atoms with E-state index in [4.69, 9.17) is 14.9 Å². The Bertz CT molecular complexity index is 756. The maximum absolute atomic E-state index is 5.79. The Kier molecular flexibility index (Phi) is 3.13. The van der Waals surface area contributed by atoms with Gasteiger partial charge in [0.05, 0.1) is 18.2 Å². The number of rotatable bonds is 3. The van der Waals surface area contributed by atoms with E-state index in [2.05, 4.69) is 15.0 Å². The Labute approximate surface area is 121 Å². The third kappa shape index (κ3) is 2.73. The van der Waals surface area contributed by atoms with Gasteiger partial charge in [-0.25, -0.2) is 9.97 Å². The van der Waals surface area contributed by atoms with E-state index in [1.165, 1.54) is 0 Å². The first kappa shape index (κ1) is 13.6. The molecule has 3 aromatic heterocycles. The molecule has 3 rings (SSSR count). The van der Waals surface area contributed by atoms with Crippen LogP contribution in [0.1, 0.15) is 20.8 Å². The van der Waals surface area contributed by atoms with Crippen molar-refractivity contribution in [2.45, 2.75) is 33.1 Å². The average Bonchev–Trinajstić information content (AvgIpc) is 3.04. The highest BCUT2D eigenvalue weighted by Gasteiger charge is 2.17. The molecule has 2 N–H and O–H groups in total. The van der Waals surface area contributed by atoms with Crippen molar-refractivity contribution in [3.8, 4) is 11.5 Å². The van der Waals surface area contributed by atoms with Crippen LogP contribution >= 0.6 is 0 Å². The topological polar surface area (TPSA) is 92.0 Å². The molecule has 3 aromatic rings. The molecule has 3 heterocycles. The van der Waals surface area contributed by atoms with E-state index in [1.807, 2.05) is 26.8 Å². The minimum atomic E-state index is -0.251. The van der Waals surface area contributed by atoms with Crippen LogP contribution in [0.15, 0.2) is 29.1 Å². The first-order valence-electron chi connectivity index (χ1n) is 6.60. The molecule has 0 atom stereocenters. The molecule has 21 heavy (non-hydrogen) atoms. The second-order valence-electron chi connectivity index (χ2n) is 5.68. The van der Waals surface area contributed by atoms with Crippen LogP contribution in [-0.2, 0) is 11.5 Å². The number of fused-ring (bicyclic) bond motifs is 1. The molecule has 0 spiro atoms. The highest BCUT2D eigenvalue weighted by atomic mass is 16.5. The van der Waals surface area contributed by atoms with Gasteiger partial charge in [0.2, 0.25) is 5.95 Å². The number of nitrogens with two attached hydrogens (primary N) is 1. The molecule has 7 heteroatoms. The van der Waals surface area contributed by atoms with Crippen LogP contribution in [0.5, 0.6) is 0 Å². The van der Waals surface area contributed by atoms with Crippen LogP contribution in [0, 0.1) is 0 Å². The fourth-order valence-corrected chi connectivity index (χ4v) is 1.90. The largest absolute Gasteiger partial charge is 0.463 e. The maximum Gasteiger partial charge on any atom is 0.222 e. The fourth-order valence-electron chi connectivity index (χ4n) is 1.90. The summed E-state index contributed by atoms with van der Waals surface area (Å²) in [6, 6.07) is 3.60. The van der Waals surface area contributed by atoms with E-state index < -0.39 is 0 Å². The monoisotopic (exact) mass is 287 g/mol. The number of anilines is 1. The Hall–Kier alpha value is -2.41. The summed E-state index contributed by atoms with van der Waals surface area (Å²) in [5.41, 5.74) is 7.38. The average molecular weight is 287 g/mol. The van der Waals surface area contributed by atoms with E-state index in [0.717, 1.165) is 0 Å². The number of furan rings is 1. The summed E-state index contributed by atoms with van der Waals surface area (Å²) in [6.07, 6.45) is 3.25. The van der Waals surface area contributed by atoms with Crippen molar-refractivity contribution in [3.05, 3.63) is 24.7 Å². The van der Waals surface area contributed by atoms with Crippen molar-refractivity contribution in [2.24, 2.45) is 0 Å². The van der Waals surface area contributed by atoms with Gasteiger partial charge >= 0.3 is 0 Å². The number of nitrogens with zero attached hydrogens (tertiary/aromatic N) is 4. The lowest BCUT2D eigenvalue weighted by atomic mass is 10.2. The lowest BCUT2D eigenvalue weighted by molar-refractivity contribution is -0.0419. The van der Waals surface area contributed by atoms with Gasteiger partial charge in [-0.3, -0.25) is 4.57 Å². The zero-order chi connectivity index (χ0) is 15.0. The zero-order valence-electron chi connectivity index (χ0n) is 12.2. The van der Waals surface area contributed by atoms with Crippen LogP contribution in [-0.4, -0.2) is 25.1 Å². The molecule has 0 aliphatic heterocycles. The fraction of sp³-hybridized carbons (Fsp3) is 0.357. The Balaban J connectivity index is 2.06. The van der Waals surface area contributed by atoms with Gasteiger partial charge in [-0.2, -0.15) is 4.98 Å². The molecule has 0 aliphatic carbocycles. The molecule has 0 saturated heterocycles. The van der Waals surface area contributed by atoms with Gasteiger partial charge in [0.15, 0.2) is 11.4 Å². The standard InChI is InChI=1S/C14H17N5O2/c1-14(2,3)21-8-19-7-16-11-10(9-5-4-6-20-9)17-13(15)18-12(11)19/h4-7H,8H2,1-3H3,(H2,15,17,18). The van der Waals surface area contributed by atoms with Crippen LogP contribution in [0.25, 0.3) is 22.6 Å². The van der Waals surface area contributed by atoms with Gasteiger partial charge in [0.25, 0.3) is 0 Å². The van der Waals surface area contributed by atoms with E-state index in [-0.39, 0.29) is 11.5 Å². The Morgan fingerprint density at radius 2 is 2.14 bits per heavy atom. The van der Waals surface area contributed by atoms with E-state index >= 15 is 0 Å². The van der Waals surface area contributed by atoms with E-state index in [0.29, 0.717) is 29.3 Å². The predicted octanol–water partition coefficient (Wildman–Crippen LogP) is 2.44. The number of hydrogen-bond acceptors (Lipinski definition) is 6. The molecular weight excluding hydrogens is 270 g/mol. The lowest BCUT2D eigenvalue weighted by Gasteiger charge is -2.19. The second kappa shape index (κ2) is 4.85. The summed E-state index contributed by atoms with van der Waals surface area (Å²) in [4.78, 5) is 12.8. The molecular formula is C14H17N5O2. The van der Waals surface area contributed by atoms with Crippen LogP contribution < -0.4 is 5.73 Å². The molecule has 0 bridgehead atoms. The molecule has 7 nitrogen and oxygen atoms in total. The van der Waals surface area contributed by atoms with E-state index in [1.54, 1.807) is 23.2 Å². The number of hydrogen-bond donors (Lipinski definition) is 1. The van der Waals surface area contributed by atoms with Gasteiger partial charge in [-0.15, -0.1) is 0 Å². The smallest absolute Gasteiger partial charge is 0.222 e. The molecule has 0 unspecified atom stereocenters. The lowest BCUT2D eigenvalue weighted by Crippen LogP contribution is -2.21. The predicted molar refractivity (Wildman–Crippen MR) is 78.3 cm³/mol. The van der Waals surface area contributed by atoms with Crippen molar-refractivity contribution in [3.63, 3.8) is 0 Å². The second-order valence-corrected chi connectivity index (χ2v) is 5.68. The first-order valence-corrected chi connectivity index (χ1v) is 6.60. The summed E-state index contributed by atoms with van der Waals surface area (Å²) >= 11 is 0. The van der Waals surface area contributed by atoms with Crippen LogP contribution in [0.4, 0.5) is 5.95 Å². The Morgan fingerprint density at radius 3 is 2.81 bits per heavy atom. The normalized spacial score (nSPS) is 12.1. The van der Waals surface area contributed by atoms with Gasteiger partial charge < -0.3 is 14.9 Å². The van der Waals surface area contributed by atoms with Gasteiger partial charge in [0.1, 0.15) is 17.9 Å². The zero-order valence-corrected chi connectivity index (χ0v) is 12.2. The molecule has 0 saturated carbocycles. The van der Waals surface area contributed by atoms with Crippen molar-refractivity contribution < 1.29 is 9.15 Å². The van der Waals surface area contributed by atoms with Gasteiger partial charge in [0, 0.05) is 0 Å². The number of nitrogen functional groups attached to an aromatic ring is 1. The summed E-state index contributed by atoms with van der Waals surface area (Å²) in [6.45, 7) is 6.31. The van der Waals surface area contributed by atoms with Crippen LogP contribution in [0.3, 0.4) is 0 Å². The van der Waals surface area contributed by atoms with Crippen molar-refractivity contribution >= 4 is 17.1 Å². The molecule has 0 amide bonds. The highest BCUT2D eigenvalue weighted by Crippen LogP contribution is 2.26. The summed E-state index contributed by atoms with van der Waals surface area (Å²) in [5, 5.41) is 0. The Morgan fingerprint density at radius 1 is 1.33 bits per heavy atom. The molecule has 110 valence electrons. The summed E-state index contributed by atoms with van der Waals surface area (Å²) < 4.78 is 12.9. The first-order chi connectivity index (χ1) is 9.94. The SMILES string of the molecule is CC(C)(C)OCn1cnc2c(-c3ccco3)nc(N)nc21. The maximum atomic E-state index is 5.79. The molecule has 0 aliphatic rings. The van der Waals surface area contributed by atoms with Gasteiger partial charge in [-0.1, -0.05) is 0 Å². The summed E-state index contributed by atoms with van der Waals surface area (Å²) in [7, 11) is 0. The minimum Gasteiger partial charge on any atom is -0.463 e. The highest BCUT2D eigenvalue weighted by molar-refractivity contribution is 5.86. The number of aromatic nitrogens is 4. The van der Waals surface area contributed by atoms with Crippen molar-refractivity contribution in [1.29, 1.82) is 0 Å².